The number of carbonyl (C=O) groups is 1. The molecule has 2 aromatic rings. The highest BCUT2D eigenvalue weighted by Crippen LogP contribution is 2.22. The molecule has 29 heavy (non-hydrogen) atoms. The molecule has 0 saturated carbocycles. The van der Waals surface area contributed by atoms with Crippen molar-refractivity contribution in [3.8, 4) is 5.75 Å². The second kappa shape index (κ2) is 8.95. The van der Waals surface area contributed by atoms with Crippen LogP contribution in [0.3, 0.4) is 0 Å². The highest BCUT2D eigenvalue weighted by molar-refractivity contribution is 7.91. The Morgan fingerprint density at radius 3 is 2.34 bits per heavy atom. The first-order valence-electron chi connectivity index (χ1n) is 9.70. The molecule has 2 aromatic carbocycles. The number of amides is 1. The second-order valence-electron chi connectivity index (χ2n) is 7.72. The number of ether oxygens (including phenoxy) is 1. The molecular formula is C22H26FNO4S. The van der Waals surface area contributed by atoms with Crippen LogP contribution >= 0.6 is 0 Å². The van der Waals surface area contributed by atoms with Crippen molar-refractivity contribution < 1.29 is 22.3 Å². The highest BCUT2D eigenvalue weighted by atomic mass is 32.2. The minimum absolute atomic E-state index is 0.0526. The fraction of sp³-hybridized carbons (Fsp3) is 0.409. The van der Waals surface area contributed by atoms with E-state index in [1.54, 1.807) is 17.0 Å². The van der Waals surface area contributed by atoms with Crippen LogP contribution in [0.25, 0.3) is 0 Å². The van der Waals surface area contributed by atoms with E-state index in [-0.39, 0.29) is 36.4 Å². The van der Waals surface area contributed by atoms with E-state index in [2.05, 4.69) is 13.8 Å². The molecule has 0 aliphatic carbocycles. The predicted molar refractivity (Wildman–Crippen MR) is 110 cm³/mol. The summed E-state index contributed by atoms with van der Waals surface area (Å²) < 4.78 is 42.7. The van der Waals surface area contributed by atoms with E-state index in [4.69, 9.17) is 4.74 Å². The lowest BCUT2D eigenvalue weighted by molar-refractivity contribution is -0.136. The van der Waals surface area contributed by atoms with Crippen molar-refractivity contribution in [3.05, 3.63) is 65.5 Å². The van der Waals surface area contributed by atoms with Crippen LogP contribution in [0.15, 0.2) is 48.5 Å². The molecule has 156 valence electrons. The third-order valence-electron chi connectivity index (χ3n) is 5.14. The smallest absolute Gasteiger partial charge is 0.261 e. The molecule has 1 aliphatic rings. The van der Waals surface area contributed by atoms with Crippen molar-refractivity contribution in [3.63, 3.8) is 0 Å². The van der Waals surface area contributed by atoms with Crippen LogP contribution in [0.1, 0.15) is 37.3 Å². The zero-order valence-electron chi connectivity index (χ0n) is 16.7. The Hall–Kier alpha value is -2.41. The maximum absolute atomic E-state index is 13.2. The van der Waals surface area contributed by atoms with E-state index in [0.717, 1.165) is 5.56 Å². The molecule has 7 heteroatoms. The van der Waals surface area contributed by atoms with Gasteiger partial charge in [-0.05, 0) is 47.7 Å². The molecule has 1 aliphatic heterocycles. The van der Waals surface area contributed by atoms with Gasteiger partial charge in [-0.1, -0.05) is 38.1 Å². The summed E-state index contributed by atoms with van der Waals surface area (Å²) in [5, 5.41) is 0. The third-order valence-corrected chi connectivity index (χ3v) is 6.90. The highest BCUT2D eigenvalue weighted by Gasteiger charge is 2.34. The maximum atomic E-state index is 13.2. The van der Waals surface area contributed by atoms with E-state index in [1.165, 1.54) is 17.7 Å². The van der Waals surface area contributed by atoms with E-state index >= 15 is 0 Å². The summed E-state index contributed by atoms with van der Waals surface area (Å²) in [4.78, 5) is 14.4. The van der Waals surface area contributed by atoms with Gasteiger partial charge in [0.05, 0.1) is 11.5 Å². The van der Waals surface area contributed by atoms with E-state index in [0.29, 0.717) is 18.1 Å². The van der Waals surface area contributed by atoms with Gasteiger partial charge < -0.3 is 9.64 Å². The summed E-state index contributed by atoms with van der Waals surface area (Å²) in [5.74, 6) is 0.364. The van der Waals surface area contributed by atoms with Gasteiger partial charge in [0.25, 0.3) is 5.91 Å². The second-order valence-corrected chi connectivity index (χ2v) is 9.95. The van der Waals surface area contributed by atoms with Crippen molar-refractivity contribution in [2.45, 2.75) is 38.8 Å². The van der Waals surface area contributed by atoms with Crippen LogP contribution in [0.2, 0.25) is 0 Å². The lowest BCUT2D eigenvalue weighted by atomic mass is 10.0. The number of halogens is 1. The predicted octanol–water partition coefficient (Wildman–Crippen LogP) is 3.54. The Morgan fingerprint density at radius 1 is 1.14 bits per heavy atom. The zero-order chi connectivity index (χ0) is 21.0. The largest absolute Gasteiger partial charge is 0.484 e. The van der Waals surface area contributed by atoms with Crippen molar-refractivity contribution in [1.29, 1.82) is 0 Å². The van der Waals surface area contributed by atoms with Crippen LogP contribution in [-0.2, 0) is 21.2 Å². The molecule has 1 saturated heterocycles. The van der Waals surface area contributed by atoms with Crippen LogP contribution < -0.4 is 4.74 Å². The van der Waals surface area contributed by atoms with Gasteiger partial charge in [-0.2, -0.15) is 0 Å². The summed E-state index contributed by atoms with van der Waals surface area (Å²) in [7, 11) is -3.15. The van der Waals surface area contributed by atoms with Crippen LogP contribution in [0.4, 0.5) is 4.39 Å². The molecule has 1 heterocycles. The average molecular weight is 420 g/mol. The number of nitrogens with zero attached hydrogens (tertiary/aromatic N) is 1. The molecule has 5 nitrogen and oxygen atoms in total. The van der Waals surface area contributed by atoms with Gasteiger partial charge >= 0.3 is 0 Å². The third kappa shape index (κ3) is 5.79. The molecule has 0 spiro atoms. The molecule has 1 fully saturated rings. The molecule has 0 aromatic heterocycles. The average Bonchev–Trinajstić information content (AvgIpc) is 3.05. The fourth-order valence-corrected chi connectivity index (χ4v) is 5.14. The van der Waals surface area contributed by atoms with Crippen molar-refractivity contribution in [1.82, 2.24) is 4.90 Å². The first kappa shape index (κ1) is 21.3. The summed E-state index contributed by atoms with van der Waals surface area (Å²) >= 11 is 0. The van der Waals surface area contributed by atoms with Gasteiger partial charge in [0, 0.05) is 12.6 Å². The zero-order valence-corrected chi connectivity index (χ0v) is 17.5. The van der Waals surface area contributed by atoms with Crippen LogP contribution in [-0.4, -0.2) is 43.4 Å². The number of carbonyl (C=O) groups excluding carboxylic acids is 1. The molecule has 0 unspecified atom stereocenters. The van der Waals surface area contributed by atoms with Gasteiger partial charge in [-0.3, -0.25) is 4.79 Å². The minimum Gasteiger partial charge on any atom is -0.484 e. The topological polar surface area (TPSA) is 63.7 Å². The van der Waals surface area contributed by atoms with E-state index in [1.807, 2.05) is 24.3 Å². The molecule has 1 atom stereocenters. The first-order chi connectivity index (χ1) is 13.7. The monoisotopic (exact) mass is 419 g/mol. The number of sulfone groups is 1. The molecule has 0 bridgehead atoms. The van der Waals surface area contributed by atoms with Crippen LogP contribution in [0, 0.1) is 5.82 Å². The number of rotatable bonds is 7. The first-order valence-corrected chi connectivity index (χ1v) is 11.5. The standard InChI is InChI=1S/C22H26FNO4S/c1-16(2)18-5-9-21(10-6-18)28-14-22(25)24(20-11-12-29(26,27)15-20)13-17-3-7-19(23)8-4-17/h3-10,16,20H,11-15H2,1-2H3/t20-/m1/s1. The normalized spacial score (nSPS) is 18.0. The summed E-state index contributed by atoms with van der Waals surface area (Å²) in [6.45, 7) is 4.23. The number of hydrogen-bond donors (Lipinski definition) is 0. The van der Waals surface area contributed by atoms with Crippen molar-refractivity contribution >= 4 is 15.7 Å². The van der Waals surface area contributed by atoms with Gasteiger partial charge in [0.15, 0.2) is 16.4 Å². The van der Waals surface area contributed by atoms with Crippen LogP contribution in [0.5, 0.6) is 5.75 Å². The Labute approximate surface area is 171 Å². The Kier molecular flexibility index (Phi) is 6.57. The van der Waals surface area contributed by atoms with Gasteiger partial charge in [0.2, 0.25) is 0 Å². The summed E-state index contributed by atoms with van der Waals surface area (Å²) in [6.07, 6.45) is 0.401. The Balaban J connectivity index is 1.70. The fourth-order valence-electron chi connectivity index (χ4n) is 3.41. The summed E-state index contributed by atoms with van der Waals surface area (Å²) in [6, 6.07) is 13.0. The van der Waals surface area contributed by atoms with Crippen molar-refractivity contribution in [2.75, 3.05) is 18.1 Å². The number of hydrogen-bond acceptors (Lipinski definition) is 4. The van der Waals surface area contributed by atoms with Gasteiger partial charge in [0.1, 0.15) is 11.6 Å². The molecule has 1 amide bonds. The SMILES string of the molecule is CC(C)c1ccc(OCC(=O)N(Cc2ccc(F)cc2)[C@@H]2CCS(=O)(=O)C2)cc1. The Morgan fingerprint density at radius 2 is 1.79 bits per heavy atom. The number of benzene rings is 2. The summed E-state index contributed by atoms with van der Waals surface area (Å²) in [5.41, 5.74) is 1.92. The molecule has 0 radical (unpaired) electrons. The Bertz CT molecular complexity index is 940. The lowest BCUT2D eigenvalue weighted by Gasteiger charge is -2.28. The minimum atomic E-state index is -3.15. The quantitative estimate of drug-likeness (QED) is 0.689. The maximum Gasteiger partial charge on any atom is 0.261 e. The van der Waals surface area contributed by atoms with Gasteiger partial charge in [-0.15, -0.1) is 0 Å². The van der Waals surface area contributed by atoms with Crippen molar-refractivity contribution in [2.24, 2.45) is 0 Å². The lowest BCUT2D eigenvalue weighted by Crippen LogP contribution is -2.43. The van der Waals surface area contributed by atoms with E-state index in [9.17, 15) is 17.6 Å². The molecule has 3 rings (SSSR count). The molecule has 0 N–H and O–H groups in total. The molecular weight excluding hydrogens is 393 g/mol. The van der Waals surface area contributed by atoms with Gasteiger partial charge in [-0.25, -0.2) is 12.8 Å². The van der Waals surface area contributed by atoms with E-state index < -0.39 is 15.9 Å².